The quantitative estimate of drug-likeness (QED) is 0.566. The Morgan fingerprint density at radius 1 is 1.08 bits per heavy atom. The Labute approximate surface area is 156 Å². The molecule has 0 spiro atoms. The lowest BCUT2D eigenvalue weighted by molar-refractivity contribution is -0.137. The molecule has 0 aliphatic rings. The molecular formula is C18H15BrF3N3O. The number of rotatable bonds is 5. The fourth-order valence-electron chi connectivity index (χ4n) is 2.46. The first-order valence-corrected chi connectivity index (χ1v) is 8.54. The number of alkyl halides is 3. The number of halogens is 4. The molecule has 0 saturated heterocycles. The smallest absolute Gasteiger partial charge is 0.338 e. The van der Waals surface area contributed by atoms with E-state index >= 15 is 0 Å². The normalized spacial score (nSPS) is 11.9. The molecule has 136 valence electrons. The standard InChI is InChI=1S/C18H15BrF3N3O/c1-25(10-12-5-7-15(19)8-6-12)11-16-23-17(24-26-16)13-3-2-4-14(9-13)18(20,21)22/h2-9H,10-11H2,1H3. The van der Waals surface area contributed by atoms with E-state index < -0.39 is 11.7 Å². The Bertz CT molecular complexity index is 878. The topological polar surface area (TPSA) is 42.2 Å². The number of nitrogens with zero attached hydrogens (tertiary/aromatic N) is 3. The molecule has 8 heteroatoms. The second kappa shape index (κ2) is 7.59. The number of benzene rings is 2. The van der Waals surface area contributed by atoms with Crippen molar-refractivity contribution in [3.05, 3.63) is 70.0 Å². The van der Waals surface area contributed by atoms with Crippen LogP contribution in [0.25, 0.3) is 11.4 Å². The minimum absolute atomic E-state index is 0.142. The predicted octanol–water partition coefficient (Wildman–Crippen LogP) is 5.15. The highest BCUT2D eigenvalue weighted by Crippen LogP contribution is 2.31. The molecule has 3 aromatic rings. The van der Waals surface area contributed by atoms with Crippen molar-refractivity contribution >= 4 is 15.9 Å². The predicted molar refractivity (Wildman–Crippen MR) is 94.0 cm³/mol. The second-order valence-electron chi connectivity index (χ2n) is 5.89. The Balaban J connectivity index is 1.69. The maximum Gasteiger partial charge on any atom is 0.416 e. The third kappa shape index (κ3) is 4.70. The van der Waals surface area contributed by atoms with Crippen molar-refractivity contribution < 1.29 is 17.7 Å². The molecule has 26 heavy (non-hydrogen) atoms. The van der Waals surface area contributed by atoms with Crippen molar-refractivity contribution in [2.24, 2.45) is 0 Å². The van der Waals surface area contributed by atoms with Gasteiger partial charge >= 0.3 is 6.18 Å². The molecule has 0 bridgehead atoms. The molecule has 4 nitrogen and oxygen atoms in total. The third-order valence-corrected chi connectivity index (χ3v) is 4.22. The molecular weight excluding hydrogens is 411 g/mol. The summed E-state index contributed by atoms with van der Waals surface area (Å²) in [4.78, 5) is 6.18. The number of hydrogen-bond donors (Lipinski definition) is 0. The Morgan fingerprint density at radius 2 is 1.81 bits per heavy atom. The van der Waals surface area contributed by atoms with Gasteiger partial charge in [-0.1, -0.05) is 45.4 Å². The summed E-state index contributed by atoms with van der Waals surface area (Å²) in [6, 6.07) is 12.8. The number of hydrogen-bond acceptors (Lipinski definition) is 4. The van der Waals surface area contributed by atoms with Crippen molar-refractivity contribution in [1.82, 2.24) is 15.0 Å². The highest BCUT2D eigenvalue weighted by molar-refractivity contribution is 9.10. The zero-order valence-electron chi connectivity index (χ0n) is 13.8. The van der Waals surface area contributed by atoms with Gasteiger partial charge < -0.3 is 4.52 Å². The van der Waals surface area contributed by atoms with Gasteiger partial charge in [-0.3, -0.25) is 4.90 Å². The summed E-state index contributed by atoms with van der Waals surface area (Å²) in [5.41, 5.74) is 0.646. The van der Waals surface area contributed by atoms with E-state index in [4.69, 9.17) is 4.52 Å². The zero-order chi connectivity index (χ0) is 18.7. The van der Waals surface area contributed by atoms with Gasteiger partial charge in [-0.05, 0) is 36.9 Å². The molecule has 3 rings (SSSR count). The molecule has 0 saturated carbocycles. The van der Waals surface area contributed by atoms with Gasteiger partial charge in [0.2, 0.25) is 11.7 Å². The van der Waals surface area contributed by atoms with Crippen LogP contribution in [0.4, 0.5) is 13.2 Å². The lowest BCUT2D eigenvalue weighted by Crippen LogP contribution is -2.17. The first-order valence-electron chi connectivity index (χ1n) is 7.74. The van der Waals surface area contributed by atoms with Crippen molar-refractivity contribution in [3.8, 4) is 11.4 Å². The van der Waals surface area contributed by atoms with Gasteiger partial charge in [0, 0.05) is 16.6 Å². The van der Waals surface area contributed by atoms with Crippen LogP contribution in [0.3, 0.4) is 0 Å². The fraction of sp³-hybridized carbons (Fsp3) is 0.222. The van der Waals surface area contributed by atoms with Crippen molar-refractivity contribution in [1.29, 1.82) is 0 Å². The van der Waals surface area contributed by atoms with Crippen molar-refractivity contribution in [2.45, 2.75) is 19.3 Å². The van der Waals surface area contributed by atoms with Crippen LogP contribution < -0.4 is 0 Å². The molecule has 0 atom stereocenters. The highest BCUT2D eigenvalue weighted by atomic mass is 79.9. The maximum atomic E-state index is 12.8. The van der Waals surface area contributed by atoms with Crippen LogP contribution in [0.1, 0.15) is 17.0 Å². The summed E-state index contributed by atoms with van der Waals surface area (Å²) >= 11 is 3.39. The average molecular weight is 426 g/mol. The van der Waals surface area contributed by atoms with E-state index in [2.05, 4.69) is 26.1 Å². The van der Waals surface area contributed by atoms with E-state index in [9.17, 15) is 13.2 Å². The Hall–Kier alpha value is -2.19. The first-order chi connectivity index (χ1) is 12.3. The van der Waals surface area contributed by atoms with Crippen LogP contribution in [0.2, 0.25) is 0 Å². The summed E-state index contributed by atoms with van der Waals surface area (Å²) in [5, 5.41) is 3.79. The van der Waals surface area contributed by atoms with Crippen LogP contribution in [-0.4, -0.2) is 22.1 Å². The molecule has 2 aromatic carbocycles. The highest BCUT2D eigenvalue weighted by Gasteiger charge is 2.30. The lowest BCUT2D eigenvalue weighted by atomic mass is 10.1. The summed E-state index contributed by atoms with van der Waals surface area (Å²) < 4.78 is 44.6. The van der Waals surface area contributed by atoms with Gasteiger partial charge in [0.1, 0.15) is 0 Å². The van der Waals surface area contributed by atoms with Gasteiger partial charge in [0.15, 0.2) is 0 Å². The summed E-state index contributed by atoms with van der Waals surface area (Å²) in [7, 11) is 1.90. The largest absolute Gasteiger partial charge is 0.416 e. The lowest BCUT2D eigenvalue weighted by Gasteiger charge is -2.14. The SMILES string of the molecule is CN(Cc1ccc(Br)cc1)Cc1nc(-c2cccc(C(F)(F)F)c2)no1. The van der Waals surface area contributed by atoms with E-state index in [0.717, 1.165) is 22.2 Å². The van der Waals surface area contributed by atoms with Gasteiger partial charge in [-0.2, -0.15) is 18.2 Å². The van der Waals surface area contributed by atoms with E-state index in [1.165, 1.54) is 12.1 Å². The minimum atomic E-state index is -4.41. The van der Waals surface area contributed by atoms with Crippen LogP contribution in [-0.2, 0) is 19.3 Å². The molecule has 1 aromatic heterocycles. The molecule has 0 unspecified atom stereocenters. The molecule has 0 amide bonds. The molecule has 0 fully saturated rings. The third-order valence-electron chi connectivity index (χ3n) is 3.69. The first kappa shape index (κ1) is 18.6. The maximum absolute atomic E-state index is 12.8. The molecule has 0 N–H and O–H groups in total. The van der Waals surface area contributed by atoms with Crippen molar-refractivity contribution in [2.75, 3.05) is 7.05 Å². The van der Waals surface area contributed by atoms with Gasteiger partial charge in [-0.25, -0.2) is 0 Å². The van der Waals surface area contributed by atoms with E-state index in [1.807, 2.05) is 36.2 Å². The summed E-state index contributed by atoms with van der Waals surface area (Å²) in [6.07, 6.45) is -4.41. The van der Waals surface area contributed by atoms with Gasteiger partial charge in [0.25, 0.3) is 0 Å². The van der Waals surface area contributed by atoms with Crippen LogP contribution in [0.5, 0.6) is 0 Å². The van der Waals surface area contributed by atoms with Crippen molar-refractivity contribution in [3.63, 3.8) is 0 Å². The summed E-state index contributed by atoms with van der Waals surface area (Å²) in [5.74, 6) is 0.486. The monoisotopic (exact) mass is 425 g/mol. The van der Waals surface area contributed by atoms with E-state index in [0.29, 0.717) is 19.0 Å². The zero-order valence-corrected chi connectivity index (χ0v) is 15.4. The van der Waals surface area contributed by atoms with Crippen LogP contribution in [0.15, 0.2) is 57.5 Å². The van der Waals surface area contributed by atoms with Crippen LogP contribution >= 0.6 is 15.9 Å². The fourth-order valence-corrected chi connectivity index (χ4v) is 2.72. The molecule has 0 radical (unpaired) electrons. The molecule has 1 heterocycles. The van der Waals surface area contributed by atoms with Crippen LogP contribution in [0, 0.1) is 0 Å². The average Bonchev–Trinajstić information content (AvgIpc) is 3.05. The molecule has 0 aliphatic carbocycles. The molecule has 0 aliphatic heterocycles. The minimum Gasteiger partial charge on any atom is -0.338 e. The second-order valence-corrected chi connectivity index (χ2v) is 6.80. The Kier molecular flexibility index (Phi) is 5.43. The number of aromatic nitrogens is 2. The van der Waals surface area contributed by atoms with E-state index in [-0.39, 0.29) is 11.4 Å². The summed E-state index contributed by atoms with van der Waals surface area (Å²) in [6.45, 7) is 1.07. The van der Waals surface area contributed by atoms with Gasteiger partial charge in [0.05, 0.1) is 12.1 Å². The Morgan fingerprint density at radius 3 is 2.50 bits per heavy atom. The van der Waals surface area contributed by atoms with E-state index in [1.54, 1.807) is 0 Å². The van der Waals surface area contributed by atoms with Gasteiger partial charge in [-0.15, -0.1) is 0 Å².